The van der Waals surface area contributed by atoms with Crippen molar-refractivity contribution in [3.63, 3.8) is 0 Å². The molecule has 1 amide bonds. The van der Waals surface area contributed by atoms with Crippen LogP contribution in [0.25, 0.3) is 0 Å². The van der Waals surface area contributed by atoms with E-state index in [0.29, 0.717) is 17.9 Å². The fraction of sp³-hybridized carbons (Fsp3) is 0.600. The SMILES string of the molecule is CCCNc1ncc(F)cc1C(=O)N(C)C(C)CCC. The molecule has 0 radical (unpaired) electrons. The molecular formula is C15H24FN3O. The van der Waals surface area contributed by atoms with Crippen molar-refractivity contribution in [2.75, 3.05) is 18.9 Å². The predicted octanol–water partition coefficient (Wildman–Crippen LogP) is 3.30. The molecular weight excluding hydrogens is 257 g/mol. The third kappa shape index (κ3) is 4.18. The monoisotopic (exact) mass is 281 g/mol. The Morgan fingerprint density at radius 3 is 2.75 bits per heavy atom. The maximum atomic E-state index is 13.4. The van der Waals surface area contributed by atoms with E-state index in [1.807, 2.05) is 13.8 Å². The van der Waals surface area contributed by atoms with Crippen molar-refractivity contribution in [3.05, 3.63) is 23.6 Å². The van der Waals surface area contributed by atoms with Gasteiger partial charge in [0.25, 0.3) is 5.91 Å². The van der Waals surface area contributed by atoms with E-state index in [9.17, 15) is 9.18 Å². The Morgan fingerprint density at radius 1 is 1.45 bits per heavy atom. The van der Waals surface area contributed by atoms with Crippen LogP contribution in [0.2, 0.25) is 0 Å². The molecule has 0 bridgehead atoms. The first-order valence-electron chi connectivity index (χ1n) is 7.17. The van der Waals surface area contributed by atoms with Crippen molar-refractivity contribution in [1.82, 2.24) is 9.88 Å². The van der Waals surface area contributed by atoms with Crippen LogP contribution in [-0.4, -0.2) is 35.4 Å². The molecule has 0 spiro atoms. The van der Waals surface area contributed by atoms with Crippen LogP contribution in [0.4, 0.5) is 10.2 Å². The van der Waals surface area contributed by atoms with Gasteiger partial charge >= 0.3 is 0 Å². The Morgan fingerprint density at radius 2 is 2.15 bits per heavy atom. The summed E-state index contributed by atoms with van der Waals surface area (Å²) in [6.45, 7) is 6.79. The van der Waals surface area contributed by atoms with E-state index in [2.05, 4.69) is 17.2 Å². The lowest BCUT2D eigenvalue weighted by atomic mass is 10.1. The molecule has 0 aliphatic heterocycles. The third-order valence-corrected chi connectivity index (χ3v) is 3.32. The van der Waals surface area contributed by atoms with Gasteiger partial charge in [-0.1, -0.05) is 20.3 Å². The van der Waals surface area contributed by atoms with Crippen molar-refractivity contribution in [2.24, 2.45) is 0 Å². The zero-order chi connectivity index (χ0) is 15.1. The van der Waals surface area contributed by atoms with Gasteiger partial charge in [-0.05, 0) is 25.8 Å². The van der Waals surface area contributed by atoms with Gasteiger partial charge < -0.3 is 10.2 Å². The third-order valence-electron chi connectivity index (χ3n) is 3.32. The molecule has 1 aromatic rings. The smallest absolute Gasteiger partial charge is 0.257 e. The van der Waals surface area contributed by atoms with E-state index < -0.39 is 5.82 Å². The van der Waals surface area contributed by atoms with Gasteiger partial charge in [-0.25, -0.2) is 9.37 Å². The fourth-order valence-electron chi connectivity index (χ4n) is 1.99. The molecule has 0 aromatic carbocycles. The molecule has 1 rings (SSSR count). The number of nitrogens with one attached hydrogen (secondary N) is 1. The van der Waals surface area contributed by atoms with Gasteiger partial charge in [-0.2, -0.15) is 0 Å². The normalized spacial score (nSPS) is 12.1. The highest BCUT2D eigenvalue weighted by Crippen LogP contribution is 2.18. The van der Waals surface area contributed by atoms with Crippen LogP contribution in [0.3, 0.4) is 0 Å². The maximum absolute atomic E-state index is 13.4. The number of pyridine rings is 1. The lowest BCUT2D eigenvalue weighted by Gasteiger charge is -2.25. The summed E-state index contributed by atoms with van der Waals surface area (Å²) in [5.41, 5.74) is 0.295. The van der Waals surface area contributed by atoms with Gasteiger partial charge in [0.2, 0.25) is 0 Å². The minimum atomic E-state index is -0.494. The van der Waals surface area contributed by atoms with Crippen molar-refractivity contribution in [3.8, 4) is 0 Å². The Hall–Kier alpha value is -1.65. The largest absolute Gasteiger partial charge is 0.369 e. The van der Waals surface area contributed by atoms with Crippen LogP contribution in [0.1, 0.15) is 50.4 Å². The summed E-state index contributed by atoms with van der Waals surface area (Å²) in [5, 5.41) is 3.07. The summed E-state index contributed by atoms with van der Waals surface area (Å²) in [6.07, 6.45) is 3.96. The molecule has 0 aliphatic rings. The zero-order valence-corrected chi connectivity index (χ0v) is 12.7. The van der Waals surface area contributed by atoms with Crippen LogP contribution in [0.15, 0.2) is 12.3 Å². The Balaban J connectivity index is 2.97. The molecule has 112 valence electrons. The summed E-state index contributed by atoms with van der Waals surface area (Å²) in [5.74, 6) is -0.239. The summed E-state index contributed by atoms with van der Waals surface area (Å²) in [7, 11) is 1.75. The number of nitrogens with zero attached hydrogens (tertiary/aromatic N) is 2. The second-order valence-corrected chi connectivity index (χ2v) is 5.03. The van der Waals surface area contributed by atoms with Gasteiger partial charge in [0, 0.05) is 19.6 Å². The second-order valence-electron chi connectivity index (χ2n) is 5.03. The minimum absolute atomic E-state index is 0.120. The van der Waals surface area contributed by atoms with Crippen molar-refractivity contribution < 1.29 is 9.18 Å². The van der Waals surface area contributed by atoms with Crippen molar-refractivity contribution in [2.45, 2.75) is 46.1 Å². The molecule has 1 heterocycles. The summed E-state index contributed by atoms with van der Waals surface area (Å²) < 4.78 is 13.4. The number of rotatable bonds is 7. The first-order chi connectivity index (χ1) is 9.51. The highest BCUT2D eigenvalue weighted by Gasteiger charge is 2.21. The summed E-state index contributed by atoms with van der Waals surface area (Å²) in [4.78, 5) is 18.1. The van der Waals surface area contributed by atoms with E-state index in [-0.39, 0.29) is 11.9 Å². The topological polar surface area (TPSA) is 45.2 Å². The Bertz CT molecular complexity index is 451. The first kappa shape index (κ1) is 16.4. The first-order valence-corrected chi connectivity index (χ1v) is 7.17. The molecule has 0 fully saturated rings. The van der Waals surface area contributed by atoms with Crippen molar-refractivity contribution >= 4 is 11.7 Å². The number of amides is 1. The van der Waals surface area contributed by atoms with Gasteiger partial charge in [0.15, 0.2) is 0 Å². The van der Waals surface area contributed by atoms with E-state index in [4.69, 9.17) is 0 Å². The summed E-state index contributed by atoms with van der Waals surface area (Å²) >= 11 is 0. The number of carbonyl (C=O) groups is 1. The molecule has 1 aromatic heterocycles. The molecule has 0 saturated carbocycles. The predicted molar refractivity (Wildman–Crippen MR) is 79.4 cm³/mol. The number of hydrogen-bond acceptors (Lipinski definition) is 3. The molecule has 20 heavy (non-hydrogen) atoms. The highest BCUT2D eigenvalue weighted by atomic mass is 19.1. The second kappa shape index (κ2) is 7.82. The zero-order valence-electron chi connectivity index (χ0n) is 12.7. The molecule has 1 atom stereocenters. The van der Waals surface area contributed by atoms with Gasteiger partial charge in [-0.15, -0.1) is 0 Å². The quantitative estimate of drug-likeness (QED) is 0.834. The molecule has 0 saturated heterocycles. The molecule has 1 unspecified atom stereocenters. The number of anilines is 1. The van der Waals surface area contributed by atoms with Crippen LogP contribution in [0.5, 0.6) is 0 Å². The summed E-state index contributed by atoms with van der Waals surface area (Å²) in [6, 6.07) is 1.37. The average molecular weight is 281 g/mol. The molecule has 0 aliphatic carbocycles. The molecule has 5 heteroatoms. The van der Waals surface area contributed by atoms with Crippen LogP contribution in [-0.2, 0) is 0 Å². The molecule has 4 nitrogen and oxygen atoms in total. The minimum Gasteiger partial charge on any atom is -0.369 e. The number of carbonyl (C=O) groups excluding carboxylic acids is 1. The van der Waals surface area contributed by atoms with E-state index in [1.165, 1.54) is 6.07 Å². The fourth-order valence-corrected chi connectivity index (χ4v) is 1.99. The van der Waals surface area contributed by atoms with Crippen LogP contribution >= 0.6 is 0 Å². The number of halogens is 1. The Kier molecular flexibility index (Phi) is 6.42. The van der Waals surface area contributed by atoms with Gasteiger partial charge in [0.05, 0.1) is 11.8 Å². The Labute approximate surface area is 120 Å². The molecule has 1 N–H and O–H groups in total. The lowest BCUT2D eigenvalue weighted by molar-refractivity contribution is 0.0737. The van der Waals surface area contributed by atoms with E-state index in [0.717, 1.165) is 25.5 Å². The van der Waals surface area contributed by atoms with E-state index >= 15 is 0 Å². The van der Waals surface area contributed by atoms with Crippen LogP contribution < -0.4 is 5.32 Å². The average Bonchev–Trinajstić information content (AvgIpc) is 2.44. The van der Waals surface area contributed by atoms with Gasteiger partial charge in [-0.3, -0.25) is 4.79 Å². The van der Waals surface area contributed by atoms with E-state index in [1.54, 1.807) is 11.9 Å². The standard InChI is InChI=1S/C15H24FN3O/c1-5-7-11(3)19(4)15(20)13-9-12(16)10-18-14(13)17-8-6-2/h9-11H,5-8H2,1-4H3,(H,17,18). The lowest BCUT2D eigenvalue weighted by Crippen LogP contribution is -2.35. The van der Waals surface area contributed by atoms with Crippen LogP contribution in [0, 0.1) is 5.82 Å². The number of aromatic nitrogens is 1. The number of hydrogen-bond donors (Lipinski definition) is 1. The maximum Gasteiger partial charge on any atom is 0.257 e. The van der Waals surface area contributed by atoms with Crippen molar-refractivity contribution in [1.29, 1.82) is 0 Å². The highest BCUT2D eigenvalue weighted by molar-refractivity contribution is 5.98. The van der Waals surface area contributed by atoms with Gasteiger partial charge in [0.1, 0.15) is 11.6 Å².